The van der Waals surface area contributed by atoms with Crippen molar-refractivity contribution >= 4 is 22.8 Å². The topological polar surface area (TPSA) is 32.3 Å². The number of rotatable bonds is 6. The Morgan fingerprint density at radius 1 is 1.25 bits per heavy atom. The number of carbonyl (C=O) groups excluding carboxylic acids is 1. The van der Waals surface area contributed by atoms with Crippen LogP contribution in [0.2, 0.25) is 0 Å². The molecule has 1 aliphatic heterocycles. The fraction of sp³-hybridized carbons (Fsp3) is 0.350. The van der Waals surface area contributed by atoms with E-state index in [0.717, 1.165) is 25.9 Å². The maximum Gasteiger partial charge on any atom is 0.237 e. The molecule has 2 heterocycles. The molecule has 0 fully saturated rings. The van der Waals surface area contributed by atoms with Gasteiger partial charge in [0.05, 0.1) is 6.04 Å². The lowest BCUT2D eigenvalue weighted by atomic mass is 9.99. The predicted octanol–water partition coefficient (Wildman–Crippen LogP) is 3.58. The largest absolute Gasteiger partial charge is 0.354 e. The fourth-order valence-corrected chi connectivity index (χ4v) is 3.74. The molecule has 24 heavy (non-hydrogen) atoms. The zero-order valence-corrected chi connectivity index (χ0v) is 14.9. The summed E-state index contributed by atoms with van der Waals surface area (Å²) in [7, 11) is 0. The smallest absolute Gasteiger partial charge is 0.237 e. The van der Waals surface area contributed by atoms with Crippen LogP contribution in [0.25, 0.3) is 5.57 Å². The zero-order chi connectivity index (χ0) is 16.8. The Morgan fingerprint density at radius 3 is 2.75 bits per heavy atom. The summed E-state index contributed by atoms with van der Waals surface area (Å²) in [5, 5.41) is 5.14. The molecule has 1 atom stereocenters. The summed E-state index contributed by atoms with van der Waals surface area (Å²) in [6.07, 6.45) is 4.17. The molecule has 1 aromatic carbocycles. The van der Waals surface area contributed by atoms with Crippen LogP contribution in [-0.2, 0) is 11.2 Å². The predicted molar refractivity (Wildman–Crippen MR) is 101 cm³/mol. The third-order valence-corrected chi connectivity index (χ3v) is 5.50. The van der Waals surface area contributed by atoms with Gasteiger partial charge >= 0.3 is 0 Å². The van der Waals surface area contributed by atoms with Crippen LogP contribution >= 0.6 is 11.3 Å². The van der Waals surface area contributed by atoms with E-state index < -0.39 is 0 Å². The Balaban J connectivity index is 1.48. The number of carbonyl (C=O) groups is 1. The first-order valence-electron chi connectivity index (χ1n) is 8.52. The van der Waals surface area contributed by atoms with Crippen molar-refractivity contribution in [2.45, 2.75) is 25.8 Å². The van der Waals surface area contributed by atoms with Gasteiger partial charge in [-0.15, -0.1) is 11.3 Å². The monoisotopic (exact) mass is 340 g/mol. The minimum absolute atomic E-state index is 0.0816. The maximum atomic E-state index is 12.4. The van der Waals surface area contributed by atoms with Crippen LogP contribution in [-0.4, -0.2) is 36.5 Å². The highest BCUT2D eigenvalue weighted by atomic mass is 32.1. The minimum atomic E-state index is -0.0816. The number of benzene rings is 1. The summed E-state index contributed by atoms with van der Waals surface area (Å²) in [6, 6.07) is 14.6. The van der Waals surface area contributed by atoms with E-state index in [1.807, 2.05) is 13.0 Å². The van der Waals surface area contributed by atoms with E-state index in [0.29, 0.717) is 6.54 Å². The highest BCUT2D eigenvalue weighted by molar-refractivity contribution is 7.09. The molecule has 126 valence electrons. The molecule has 3 rings (SSSR count). The fourth-order valence-electron chi connectivity index (χ4n) is 3.03. The van der Waals surface area contributed by atoms with Crippen LogP contribution < -0.4 is 5.32 Å². The van der Waals surface area contributed by atoms with Crippen molar-refractivity contribution in [3.8, 4) is 0 Å². The lowest BCUT2D eigenvalue weighted by Crippen LogP contribution is -2.47. The highest BCUT2D eigenvalue weighted by Crippen LogP contribution is 2.22. The van der Waals surface area contributed by atoms with Crippen LogP contribution in [0.1, 0.15) is 23.8 Å². The molecule has 0 radical (unpaired) electrons. The van der Waals surface area contributed by atoms with Gasteiger partial charge < -0.3 is 5.32 Å². The first kappa shape index (κ1) is 16.9. The Kier molecular flexibility index (Phi) is 5.83. The molecular formula is C20H24N2OS. The van der Waals surface area contributed by atoms with E-state index in [1.54, 1.807) is 11.3 Å². The molecule has 0 saturated carbocycles. The molecular weight excluding hydrogens is 316 g/mol. The van der Waals surface area contributed by atoms with E-state index in [-0.39, 0.29) is 11.9 Å². The van der Waals surface area contributed by atoms with E-state index in [9.17, 15) is 4.79 Å². The van der Waals surface area contributed by atoms with Gasteiger partial charge in [-0.05, 0) is 42.3 Å². The molecule has 2 aromatic rings. The van der Waals surface area contributed by atoms with Gasteiger partial charge in [0.1, 0.15) is 0 Å². The molecule has 0 bridgehead atoms. The molecule has 0 unspecified atom stereocenters. The van der Waals surface area contributed by atoms with Crippen molar-refractivity contribution in [3.05, 3.63) is 64.4 Å². The van der Waals surface area contributed by atoms with Crippen molar-refractivity contribution in [1.82, 2.24) is 10.2 Å². The van der Waals surface area contributed by atoms with Crippen molar-refractivity contribution in [2.24, 2.45) is 0 Å². The number of thiophene rings is 1. The molecule has 1 aromatic heterocycles. The SMILES string of the molecule is C[C@@H](C(=O)NCCc1cccs1)N1CC=C(c2ccccc2)CC1. The van der Waals surface area contributed by atoms with Gasteiger partial charge in [-0.2, -0.15) is 0 Å². The second-order valence-electron chi connectivity index (χ2n) is 6.14. The van der Waals surface area contributed by atoms with Gasteiger partial charge in [-0.25, -0.2) is 0 Å². The molecule has 1 amide bonds. The summed E-state index contributed by atoms with van der Waals surface area (Å²) >= 11 is 1.74. The van der Waals surface area contributed by atoms with Gasteiger partial charge in [0.15, 0.2) is 0 Å². The first-order valence-corrected chi connectivity index (χ1v) is 9.40. The summed E-state index contributed by atoms with van der Waals surface area (Å²) in [5.74, 6) is 0.128. The average Bonchev–Trinajstić information content (AvgIpc) is 3.15. The lowest BCUT2D eigenvalue weighted by Gasteiger charge is -2.31. The van der Waals surface area contributed by atoms with Crippen molar-refractivity contribution in [3.63, 3.8) is 0 Å². The quantitative estimate of drug-likeness (QED) is 0.872. The van der Waals surface area contributed by atoms with E-state index in [2.05, 4.69) is 58.1 Å². The van der Waals surface area contributed by atoms with Crippen LogP contribution in [0.3, 0.4) is 0 Å². The van der Waals surface area contributed by atoms with Crippen LogP contribution in [0, 0.1) is 0 Å². The Morgan fingerprint density at radius 2 is 2.08 bits per heavy atom. The molecule has 1 N–H and O–H groups in total. The number of hydrogen-bond acceptors (Lipinski definition) is 3. The highest BCUT2D eigenvalue weighted by Gasteiger charge is 2.23. The van der Waals surface area contributed by atoms with Gasteiger partial charge in [-0.3, -0.25) is 9.69 Å². The average molecular weight is 340 g/mol. The second-order valence-corrected chi connectivity index (χ2v) is 7.17. The minimum Gasteiger partial charge on any atom is -0.354 e. The van der Waals surface area contributed by atoms with E-state index >= 15 is 0 Å². The lowest BCUT2D eigenvalue weighted by molar-refractivity contribution is -0.125. The number of nitrogens with zero attached hydrogens (tertiary/aromatic N) is 1. The van der Waals surface area contributed by atoms with Gasteiger partial charge in [-0.1, -0.05) is 42.5 Å². The summed E-state index contributed by atoms with van der Waals surface area (Å²) < 4.78 is 0. The number of hydrogen-bond donors (Lipinski definition) is 1. The Bertz CT molecular complexity index is 679. The molecule has 3 nitrogen and oxygen atoms in total. The summed E-state index contributed by atoms with van der Waals surface area (Å²) in [5.41, 5.74) is 2.68. The third kappa shape index (κ3) is 4.34. The molecule has 1 aliphatic rings. The van der Waals surface area contributed by atoms with Crippen molar-refractivity contribution in [1.29, 1.82) is 0 Å². The third-order valence-electron chi connectivity index (χ3n) is 4.56. The molecule has 0 aliphatic carbocycles. The van der Waals surface area contributed by atoms with Gasteiger partial charge in [0, 0.05) is 24.5 Å². The van der Waals surface area contributed by atoms with Crippen LogP contribution in [0.15, 0.2) is 53.9 Å². The van der Waals surface area contributed by atoms with E-state index in [4.69, 9.17) is 0 Å². The van der Waals surface area contributed by atoms with E-state index in [1.165, 1.54) is 16.0 Å². The molecule has 0 saturated heterocycles. The number of nitrogens with one attached hydrogen (secondary N) is 1. The molecule has 0 spiro atoms. The van der Waals surface area contributed by atoms with Gasteiger partial charge in [0.25, 0.3) is 0 Å². The zero-order valence-electron chi connectivity index (χ0n) is 14.1. The van der Waals surface area contributed by atoms with Crippen LogP contribution in [0.5, 0.6) is 0 Å². The number of amides is 1. The summed E-state index contributed by atoms with van der Waals surface area (Å²) in [4.78, 5) is 15.9. The maximum absolute atomic E-state index is 12.4. The Labute approximate surface area is 148 Å². The normalized spacial score (nSPS) is 16.5. The Hall–Kier alpha value is -1.91. The first-order chi connectivity index (χ1) is 11.7. The molecule has 4 heteroatoms. The van der Waals surface area contributed by atoms with Crippen molar-refractivity contribution < 1.29 is 4.79 Å². The van der Waals surface area contributed by atoms with Gasteiger partial charge in [0.2, 0.25) is 5.91 Å². The van der Waals surface area contributed by atoms with Crippen molar-refractivity contribution in [2.75, 3.05) is 19.6 Å². The summed E-state index contributed by atoms with van der Waals surface area (Å²) in [6.45, 7) is 4.48. The standard InChI is InChI=1S/C20H24N2OS/c1-16(20(23)21-12-9-19-8-5-15-24-19)22-13-10-18(11-14-22)17-6-3-2-4-7-17/h2-8,10,15-16H,9,11-14H2,1H3,(H,21,23)/t16-/m0/s1. The second kappa shape index (κ2) is 8.27. The van der Waals surface area contributed by atoms with Crippen LogP contribution in [0.4, 0.5) is 0 Å².